The van der Waals surface area contributed by atoms with Crippen molar-refractivity contribution in [3.8, 4) is 6.07 Å². The summed E-state index contributed by atoms with van der Waals surface area (Å²) in [4.78, 5) is 20.0. The Balaban J connectivity index is 1.77. The number of nitriles is 1. The number of methoxy groups -OCH3 is 1. The molecule has 10 heteroatoms. The number of ether oxygens (including phenoxy) is 2. The van der Waals surface area contributed by atoms with Crippen molar-refractivity contribution < 1.29 is 18.7 Å². The van der Waals surface area contributed by atoms with Gasteiger partial charge >= 0.3 is 0 Å². The standard InChI is InChI=1S/C23H21FN6O3/c1-3-21(31)27-17-5-4-6-18(9-17)28-22-16(11-25)12-26-23(30-22)29-19-8-7-15(20(24)10-19)13-33-14-32-2/h3-10,12H,1,13-14H2,2H3,(H,27,31)(H2,26,28,29,30). The Kier molecular flexibility index (Phi) is 8.02. The van der Waals surface area contributed by atoms with E-state index in [1.54, 1.807) is 36.4 Å². The van der Waals surface area contributed by atoms with Crippen LogP contribution in [-0.4, -0.2) is 29.8 Å². The quantitative estimate of drug-likeness (QED) is 0.239. The van der Waals surface area contributed by atoms with Gasteiger partial charge < -0.3 is 25.4 Å². The molecule has 0 saturated heterocycles. The molecular weight excluding hydrogens is 427 g/mol. The maximum Gasteiger partial charge on any atom is 0.247 e. The third-order valence-corrected chi connectivity index (χ3v) is 4.26. The van der Waals surface area contributed by atoms with Gasteiger partial charge in [-0.05, 0) is 36.4 Å². The molecule has 3 N–H and O–H groups in total. The molecule has 0 aliphatic heterocycles. The Labute approximate surface area is 189 Å². The van der Waals surface area contributed by atoms with Crippen molar-refractivity contribution >= 4 is 34.7 Å². The molecule has 0 saturated carbocycles. The van der Waals surface area contributed by atoms with Gasteiger partial charge in [-0.2, -0.15) is 10.2 Å². The van der Waals surface area contributed by atoms with Crippen LogP contribution in [0.1, 0.15) is 11.1 Å². The van der Waals surface area contributed by atoms with Gasteiger partial charge in [0, 0.05) is 29.7 Å². The lowest BCUT2D eigenvalue weighted by atomic mass is 10.2. The SMILES string of the molecule is C=CC(=O)Nc1cccc(Nc2nc(Nc3ccc(COCOC)c(F)c3)ncc2C#N)c1. The number of carbonyl (C=O) groups excluding carboxylic acids is 1. The van der Waals surface area contributed by atoms with Gasteiger partial charge in [0.25, 0.3) is 0 Å². The number of nitrogens with zero attached hydrogens (tertiary/aromatic N) is 3. The minimum Gasteiger partial charge on any atom is -0.359 e. The van der Waals surface area contributed by atoms with Crippen LogP contribution in [0.2, 0.25) is 0 Å². The maximum absolute atomic E-state index is 14.3. The predicted molar refractivity (Wildman–Crippen MR) is 122 cm³/mol. The molecule has 33 heavy (non-hydrogen) atoms. The van der Waals surface area contributed by atoms with E-state index in [2.05, 4.69) is 32.5 Å². The third-order valence-electron chi connectivity index (χ3n) is 4.26. The summed E-state index contributed by atoms with van der Waals surface area (Å²) in [5.41, 5.74) is 2.14. The van der Waals surface area contributed by atoms with E-state index in [0.29, 0.717) is 22.6 Å². The van der Waals surface area contributed by atoms with Crippen molar-refractivity contribution in [2.75, 3.05) is 29.9 Å². The highest BCUT2D eigenvalue weighted by atomic mass is 19.1. The number of carbonyl (C=O) groups is 1. The number of rotatable bonds is 10. The maximum atomic E-state index is 14.3. The number of hydrogen-bond donors (Lipinski definition) is 3. The molecule has 3 aromatic rings. The molecule has 0 atom stereocenters. The van der Waals surface area contributed by atoms with Crippen LogP contribution >= 0.6 is 0 Å². The minimum absolute atomic E-state index is 0.0673. The molecule has 0 fully saturated rings. The lowest BCUT2D eigenvalue weighted by Gasteiger charge is -2.12. The second-order valence-corrected chi connectivity index (χ2v) is 6.65. The van der Waals surface area contributed by atoms with Crippen LogP contribution in [0.15, 0.2) is 61.3 Å². The number of amides is 1. The third kappa shape index (κ3) is 6.57. The van der Waals surface area contributed by atoms with Crippen molar-refractivity contribution in [2.24, 2.45) is 0 Å². The summed E-state index contributed by atoms with van der Waals surface area (Å²) in [7, 11) is 1.49. The summed E-state index contributed by atoms with van der Waals surface area (Å²) in [6.45, 7) is 3.56. The molecule has 1 amide bonds. The van der Waals surface area contributed by atoms with Gasteiger partial charge in [-0.3, -0.25) is 4.79 Å². The first kappa shape index (κ1) is 23.3. The first-order valence-electron chi connectivity index (χ1n) is 9.72. The van der Waals surface area contributed by atoms with E-state index < -0.39 is 5.82 Å². The molecule has 0 spiro atoms. The summed E-state index contributed by atoms with van der Waals surface area (Å²) in [6.07, 6.45) is 2.52. The minimum atomic E-state index is -0.457. The summed E-state index contributed by atoms with van der Waals surface area (Å²) in [5.74, 6) is -0.397. The lowest BCUT2D eigenvalue weighted by molar-refractivity contribution is -0.111. The molecule has 0 unspecified atom stereocenters. The monoisotopic (exact) mass is 448 g/mol. The molecule has 0 bridgehead atoms. The Hall–Kier alpha value is -4.33. The van der Waals surface area contributed by atoms with Crippen molar-refractivity contribution in [1.29, 1.82) is 5.26 Å². The van der Waals surface area contributed by atoms with E-state index >= 15 is 0 Å². The summed E-state index contributed by atoms with van der Waals surface area (Å²) in [6, 6.07) is 13.4. The van der Waals surface area contributed by atoms with Crippen molar-refractivity contribution in [2.45, 2.75) is 6.61 Å². The fourth-order valence-corrected chi connectivity index (χ4v) is 2.73. The van der Waals surface area contributed by atoms with Crippen LogP contribution in [0, 0.1) is 17.1 Å². The molecule has 0 radical (unpaired) electrons. The fourth-order valence-electron chi connectivity index (χ4n) is 2.73. The van der Waals surface area contributed by atoms with Gasteiger partial charge in [0.1, 0.15) is 24.2 Å². The molecule has 2 aromatic carbocycles. The smallest absolute Gasteiger partial charge is 0.247 e. The van der Waals surface area contributed by atoms with Gasteiger partial charge in [-0.1, -0.05) is 18.7 Å². The number of hydrogen-bond acceptors (Lipinski definition) is 8. The van der Waals surface area contributed by atoms with Crippen molar-refractivity contribution in [1.82, 2.24) is 9.97 Å². The van der Waals surface area contributed by atoms with Crippen LogP contribution in [-0.2, 0) is 20.9 Å². The second kappa shape index (κ2) is 11.3. The predicted octanol–water partition coefficient (Wildman–Crippen LogP) is 4.22. The summed E-state index contributed by atoms with van der Waals surface area (Å²) < 4.78 is 24.3. The van der Waals surface area contributed by atoms with Gasteiger partial charge in [-0.15, -0.1) is 0 Å². The molecule has 0 aliphatic rings. The highest BCUT2D eigenvalue weighted by Crippen LogP contribution is 2.24. The average molecular weight is 448 g/mol. The fraction of sp³-hybridized carbons (Fsp3) is 0.130. The van der Waals surface area contributed by atoms with Gasteiger partial charge in [0.05, 0.1) is 12.8 Å². The molecular formula is C23H21FN6O3. The summed E-state index contributed by atoms with van der Waals surface area (Å²) >= 11 is 0. The van der Waals surface area contributed by atoms with E-state index in [9.17, 15) is 14.4 Å². The highest BCUT2D eigenvalue weighted by molar-refractivity contribution is 5.99. The van der Waals surface area contributed by atoms with Crippen LogP contribution < -0.4 is 16.0 Å². The number of aromatic nitrogens is 2. The Morgan fingerprint density at radius 2 is 2.00 bits per heavy atom. The Morgan fingerprint density at radius 3 is 2.73 bits per heavy atom. The number of halogens is 1. The first-order chi connectivity index (χ1) is 16.0. The molecule has 1 heterocycles. The summed E-state index contributed by atoms with van der Waals surface area (Å²) in [5, 5.41) is 18.0. The zero-order valence-electron chi connectivity index (χ0n) is 17.8. The van der Waals surface area contributed by atoms with Crippen molar-refractivity contribution in [3.63, 3.8) is 0 Å². The number of nitrogens with one attached hydrogen (secondary N) is 3. The van der Waals surface area contributed by atoms with Crippen LogP contribution in [0.5, 0.6) is 0 Å². The van der Waals surface area contributed by atoms with E-state index in [0.717, 1.165) is 6.08 Å². The Morgan fingerprint density at radius 1 is 1.21 bits per heavy atom. The Bertz CT molecular complexity index is 1200. The highest BCUT2D eigenvalue weighted by Gasteiger charge is 2.10. The average Bonchev–Trinajstić information content (AvgIpc) is 2.81. The van der Waals surface area contributed by atoms with E-state index in [-0.39, 0.29) is 36.6 Å². The molecule has 0 aliphatic carbocycles. The number of benzene rings is 2. The van der Waals surface area contributed by atoms with E-state index in [4.69, 9.17) is 9.47 Å². The van der Waals surface area contributed by atoms with Crippen molar-refractivity contribution in [3.05, 3.63) is 78.3 Å². The normalized spacial score (nSPS) is 10.2. The zero-order valence-corrected chi connectivity index (χ0v) is 17.8. The first-order valence-corrected chi connectivity index (χ1v) is 9.72. The van der Waals surface area contributed by atoms with Gasteiger partial charge in [0.15, 0.2) is 5.82 Å². The molecule has 1 aromatic heterocycles. The second-order valence-electron chi connectivity index (χ2n) is 6.65. The van der Waals surface area contributed by atoms with E-state index in [1.165, 1.54) is 19.4 Å². The molecule has 3 rings (SSSR count). The molecule has 168 valence electrons. The van der Waals surface area contributed by atoms with Crippen LogP contribution in [0.25, 0.3) is 0 Å². The lowest BCUT2D eigenvalue weighted by Crippen LogP contribution is -2.07. The largest absolute Gasteiger partial charge is 0.359 e. The van der Waals surface area contributed by atoms with Gasteiger partial charge in [-0.25, -0.2) is 9.37 Å². The van der Waals surface area contributed by atoms with Gasteiger partial charge in [0.2, 0.25) is 11.9 Å². The topological polar surface area (TPSA) is 121 Å². The zero-order chi connectivity index (χ0) is 23.6. The van der Waals surface area contributed by atoms with E-state index in [1.807, 2.05) is 6.07 Å². The van der Waals surface area contributed by atoms with Crippen LogP contribution in [0.3, 0.4) is 0 Å². The number of anilines is 5. The van der Waals surface area contributed by atoms with Crippen LogP contribution in [0.4, 0.5) is 33.2 Å². The molecule has 9 nitrogen and oxygen atoms in total.